The Morgan fingerprint density at radius 1 is 1.58 bits per heavy atom. The molecule has 0 aromatic carbocycles. The largest absolute Gasteiger partial charge is 0.469 e. The molecule has 0 aliphatic carbocycles. The number of halogens is 1. The molecule has 0 atom stereocenters. The van der Waals surface area contributed by atoms with E-state index in [1.54, 1.807) is 0 Å². The maximum Gasteiger partial charge on any atom is 0.311 e. The van der Waals surface area contributed by atoms with Crippen LogP contribution in [0.1, 0.15) is 5.69 Å². The molecular formula is C7H7BrN2O2. The number of carbonyl (C=O) groups is 1. The van der Waals surface area contributed by atoms with Crippen molar-refractivity contribution < 1.29 is 9.53 Å². The summed E-state index contributed by atoms with van der Waals surface area (Å²) in [6.07, 6.45) is 3.23. The van der Waals surface area contributed by atoms with E-state index in [-0.39, 0.29) is 12.4 Å². The number of hydrogen-bond acceptors (Lipinski definition) is 4. The molecule has 1 rings (SSSR count). The minimum Gasteiger partial charge on any atom is -0.469 e. The highest BCUT2D eigenvalue weighted by molar-refractivity contribution is 9.10. The van der Waals surface area contributed by atoms with Crippen molar-refractivity contribution in [1.29, 1.82) is 0 Å². The second-order valence-corrected chi connectivity index (χ2v) is 2.90. The minimum atomic E-state index is -0.313. The first-order valence-corrected chi connectivity index (χ1v) is 4.05. The zero-order chi connectivity index (χ0) is 8.97. The Labute approximate surface area is 78.1 Å². The Bertz CT molecular complexity index is 273. The first kappa shape index (κ1) is 9.12. The molecule has 0 N–H and O–H groups in total. The molecule has 64 valence electrons. The van der Waals surface area contributed by atoms with E-state index in [0.717, 1.165) is 0 Å². The third kappa shape index (κ3) is 2.58. The van der Waals surface area contributed by atoms with E-state index >= 15 is 0 Å². The van der Waals surface area contributed by atoms with E-state index in [4.69, 9.17) is 0 Å². The van der Waals surface area contributed by atoms with Crippen LogP contribution in [0.25, 0.3) is 0 Å². The summed E-state index contributed by atoms with van der Waals surface area (Å²) >= 11 is 3.14. The monoisotopic (exact) mass is 230 g/mol. The molecule has 0 saturated carbocycles. The summed E-state index contributed by atoms with van der Waals surface area (Å²) in [6.45, 7) is 0. The van der Waals surface area contributed by atoms with Gasteiger partial charge in [-0.05, 0) is 15.9 Å². The molecule has 0 amide bonds. The van der Waals surface area contributed by atoms with Crippen LogP contribution >= 0.6 is 15.9 Å². The molecule has 0 bridgehead atoms. The zero-order valence-electron chi connectivity index (χ0n) is 6.45. The van der Waals surface area contributed by atoms with Crippen LogP contribution in [-0.2, 0) is 16.0 Å². The van der Waals surface area contributed by atoms with Gasteiger partial charge in [-0.15, -0.1) is 0 Å². The molecule has 0 fully saturated rings. The summed E-state index contributed by atoms with van der Waals surface area (Å²) in [5.41, 5.74) is 0.602. The highest BCUT2D eigenvalue weighted by Gasteiger charge is 2.03. The lowest BCUT2D eigenvalue weighted by atomic mass is 10.3. The molecule has 1 heterocycles. The lowest BCUT2D eigenvalue weighted by molar-refractivity contribution is -0.139. The Kier molecular flexibility index (Phi) is 3.16. The molecule has 0 aliphatic rings. The predicted octanol–water partition coefficient (Wildman–Crippen LogP) is 0.955. The van der Waals surface area contributed by atoms with E-state index in [9.17, 15) is 4.79 Å². The zero-order valence-corrected chi connectivity index (χ0v) is 8.04. The highest BCUT2D eigenvalue weighted by atomic mass is 79.9. The SMILES string of the molecule is COC(=O)Cc1cnc(Br)cn1. The molecule has 0 unspecified atom stereocenters. The second kappa shape index (κ2) is 4.15. The summed E-state index contributed by atoms with van der Waals surface area (Å²) in [5, 5.41) is 0. The van der Waals surface area contributed by atoms with Crippen LogP contribution in [-0.4, -0.2) is 23.0 Å². The molecule has 0 aliphatic heterocycles. The van der Waals surface area contributed by atoms with Gasteiger partial charge in [-0.1, -0.05) is 0 Å². The molecule has 0 radical (unpaired) electrons. The quantitative estimate of drug-likeness (QED) is 0.711. The van der Waals surface area contributed by atoms with Gasteiger partial charge < -0.3 is 4.74 Å². The minimum absolute atomic E-state index is 0.163. The summed E-state index contributed by atoms with van der Waals surface area (Å²) in [7, 11) is 1.34. The predicted molar refractivity (Wildman–Crippen MR) is 45.5 cm³/mol. The third-order valence-electron chi connectivity index (χ3n) is 1.23. The molecule has 1 aromatic rings. The van der Waals surface area contributed by atoms with Crippen LogP contribution in [0.15, 0.2) is 17.0 Å². The van der Waals surface area contributed by atoms with Gasteiger partial charge in [0.15, 0.2) is 0 Å². The van der Waals surface area contributed by atoms with Gasteiger partial charge in [-0.25, -0.2) is 4.98 Å². The molecule has 4 nitrogen and oxygen atoms in total. The van der Waals surface area contributed by atoms with Gasteiger partial charge in [-0.3, -0.25) is 9.78 Å². The topological polar surface area (TPSA) is 52.1 Å². The number of carbonyl (C=O) groups excluding carboxylic acids is 1. The molecular weight excluding hydrogens is 224 g/mol. The van der Waals surface area contributed by atoms with E-state index < -0.39 is 0 Å². The average molecular weight is 231 g/mol. The summed E-state index contributed by atoms with van der Waals surface area (Å²) in [5.74, 6) is -0.313. The summed E-state index contributed by atoms with van der Waals surface area (Å²) in [4.78, 5) is 18.6. The van der Waals surface area contributed by atoms with Crippen molar-refractivity contribution in [2.45, 2.75) is 6.42 Å². The van der Waals surface area contributed by atoms with Gasteiger partial charge in [0, 0.05) is 0 Å². The Morgan fingerprint density at radius 3 is 2.83 bits per heavy atom. The number of aromatic nitrogens is 2. The summed E-state index contributed by atoms with van der Waals surface area (Å²) < 4.78 is 5.12. The van der Waals surface area contributed by atoms with Crippen LogP contribution in [0.3, 0.4) is 0 Å². The van der Waals surface area contributed by atoms with Gasteiger partial charge in [0.05, 0.1) is 31.6 Å². The lowest BCUT2D eigenvalue weighted by Crippen LogP contribution is -2.06. The number of nitrogens with zero attached hydrogens (tertiary/aromatic N) is 2. The molecule has 5 heteroatoms. The van der Waals surface area contributed by atoms with Crippen LogP contribution < -0.4 is 0 Å². The van der Waals surface area contributed by atoms with Crippen molar-refractivity contribution in [3.63, 3.8) is 0 Å². The van der Waals surface area contributed by atoms with Crippen LogP contribution in [0, 0.1) is 0 Å². The first-order valence-electron chi connectivity index (χ1n) is 3.25. The standard InChI is InChI=1S/C7H7BrN2O2/c1-12-7(11)2-5-3-10-6(8)4-9-5/h3-4H,2H2,1H3. The first-order chi connectivity index (χ1) is 5.72. The normalized spacial score (nSPS) is 9.50. The van der Waals surface area contributed by atoms with Crippen LogP contribution in [0.4, 0.5) is 0 Å². The van der Waals surface area contributed by atoms with Crippen LogP contribution in [0.2, 0.25) is 0 Å². The van der Waals surface area contributed by atoms with Crippen molar-refractivity contribution >= 4 is 21.9 Å². The van der Waals surface area contributed by atoms with Gasteiger partial charge in [0.1, 0.15) is 4.60 Å². The van der Waals surface area contributed by atoms with E-state index in [2.05, 4.69) is 30.6 Å². The Hall–Kier alpha value is -0.970. The fraction of sp³-hybridized carbons (Fsp3) is 0.286. The molecule has 1 aromatic heterocycles. The van der Waals surface area contributed by atoms with Crippen molar-refractivity contribution in [1.82, 2.24) is 9.97 Å². The Morgan fingerprint density at radius 2 is 2.33 bits per heavy atom. The van der Waals surface area contributed by atoms with Gasteiger partial charge in [0.25, 0.3) is 0 Å². The Balaban J connectivity index is 2.64. The van der Waals surface area contributed by atoms with E-state index in [0.29, 0.717) is 10.3 Å². The van der Waals surface area contributed by atoms with Gasteiger partial charge in [0.2, 0.25) is 0 Å². The van der Waals surface area contributed by atoms with Crippen molar-refractivity contribution in [2.75, 3.05) is 7.11 Å². The fourth-order valence-electron chi connectivity index (χ4n) is 0.650. The third-order valence-corrected chi connectivity index (χ3v) is 1.64. The molecule has 12 heavy (non-hydrogen) atoms. The van der Waals surface area contributed by atoms with Crippen LogP contribution in [0.5, 0.6) is 0 Å². The van der Waals surface area contributed by atoms with Gasteiger partial charge >= 0.3 is 5.97 Å². The summed E-state index contributed by atoms with van der Waals surface area (Å²) in [6, 6.07) is 0. The molecule has 0 saturated heterocycles. The number of esters is 1. The number of methoxy groups -OCH3 is 1. The van der Waals surface area contributed by atoms with Crippen molar-refractivity contribution in [3.05, 3.63) is 22.7 Å². The number of rotatable bonds is 2. The molecule has 0 spiro atoms. The highest BCUT2D eigenvalue weighted by Crippen LogP contribution is 2.03. The smallest absolute Gasteiger partial charge is 0.311 e. The number of hydrogen-bond donors (Lipinski definition) is 0. The van der Waals surface area contributed by atoms with Crippen molar-refractivity contribution in [3.8, 4) is 0 Å². The number of ether oxygens (including phenoxy) is 1. The average Bonchev–Trinajstić information content (AvgIpc) is 2.09. The van der Waals surface area contributed by atoms with E-state index in [1.807, 2.05) is 0 Å². The van der Waals surface area contributed by atoms with Crippen molar-refractivity contribution in [2.24, 2.45) is 0 Å². The van der Waals surface area contributed by atoms with Gasteiger partial charge in [-0.2, -0.15) is 0 Å². The second-order valence-electron chi connectivity index (χ2n) is 2.08. The maximum atomic E-state index is 10.8. The fourth-order valence-corrected chi connectivity index (χ4v) is 0.855. The van der Waals surface area contributed by atoms with E-state index in [1.165, 1.54) is 19.5 Å². The maximum absolute atomic E-state index is 10.8. The lowest BCUT2D eigenvalue weighted by Gasteiger charge is -1.97.